The van der Waals surface area contributed by atoms with Crippen LogP contribution in [0.5, 0.6) is 5.75 Å². The molecule has 4 rings (SSSR count). The highest BCUT2D eigenvalue weighted by Crippen LogP contribution is 2.43. The standard InChI is InChI=1S/C30H29BrClNO8Si/c1-30(2,3)42(5,6)41-26(24(29(38)39-4)33-27(36)18-9-7-8-10-19(18)28(33)37)16-11-12-22(21(32)13-16)40-23-15-17(34)14-20(31)25(23)35/h7-15,24,26H,1-6H3/t24-,26+/m0/s1. The van der Waals surface area contributed by atoms with E-state index in [1.165, 1.54) is 31.4 Å². The van der Waals surface area contributed by atoms with Gasteiger partial charge in [-0.1, -0.05) is 50.6 Å². The number of ether oxygens (including phenoxy) is 2. The van der Waals surface area contributed by atoms with Crippen molar-refractivity contribution in [3.63, 3.8) is 0 Å². The minimum Gasteiger partial charge on any atom is -0.467 e. The van der Waals surface area contributed by atoms with E-state index in [1.54, 1.807) is 18.2 Å². The van der Waals surface area contributed by atoms with Crippen molar-refractivity contribution in [1.82, 2.24) is 4.90 Å². The first-order chi connectivity index (χ1) is 19.6. The van der Waals surface area contributed by atoms with E-state index >= 15 is 0 Å². The molecule has 0 unspecified atom stereocenters. The number of benzene rings is 2. The minimum atomic E-state index is -2.67. The molecule has 42 heavy (non-hydrogen) atoms. The lowest BCUT2D eigenvalue weighted by atomic mass is 10.0. The highest BCUT2D eigenvalue weighted by molar-refractivity contribution is 9.12. The van der Waals surface area contributed by atoms with E-state index in [-0.39, 0.29) is 37.2 Å². The number of carbonyl (C=O) groups is 5. The number of hydrogen-bond donors (Lipinski definition) is 0. The third-order valence-corrected chi connectivity index (χ3v) is 12.9. The average Bonchev–Trinajstić information content (AvgIpc) is 3.16. The number of carbonyl (C=O) groups excluding carboxylic acids is 5. The van der Waals surface area contributed by atoms with E-state index in [2.05, 4.69) is 15.9 Å². The lowest BCUT2D eigenvalue weighted by molar-refractivity contribution is -0.149. The second-order valence-corrected chi connectivity index (χ2v) is 17.3. The van der Waals surface area contributed by atoms with Crippen LogP contribution in [0.4, 0.5) is 0 Å². The van der Waals surface area contributed by atoms with E-state index in [4.69, 9.17) is 25.5 Å². The molecule has 0 spiro atoms. The summed E-state index contributed by atoms with van der Waals surface area (Å²) in [6.07, 6.45) is 1.02. The molecular weight excluding hydrogens is 646 g/mol. The summed E-state index contributed by atoms with van der Waals surface area (Å²) in [6.45, 7) is 9.98. The molecule has 9 nitrogen and oxygen atoms in total. The number of ketones is 2. The summed E-state index contributed by atoms with van der Waals surface area (Å²) in [5, 5.41) is -0.281. The second-order valence-electron chi connectivity index (χ2n) is 11.3. The molecule has 0 radical (unpaired) electrons. The predicted octanol–water partition coefficient (Wildman–Crippen LogP) is 5.93. The van der Waals surface area contributed by atoms with Crippen LogP contribution in [0.3, 0.4) is 0 Å². The molecule has 0 N–H and O–H groups in total. The zero-order valence-corrected chi connectivity index (χ0v) is 27.2. The molecule has 1 heterocycles. The molecule has 2 atom stereocenters. The van der Waals surface area contributed by atoms with Gasteiger partial charge in [0.25, 0.3) is 11.8 Å². The molecule has 0 saturated heterocycles. The maximum absolute atomic E-state index is 13.5. The number of imide groups is 1. The molecule has 1 aliphatic heterocycles. The number of methoxy groups -OCH3 is 1. The minimum absolute atomic E-state index is 0.0362. The van der Waals surface area contributed by atoms with E-state index < -0.39 is 49.8 Å². The van der Waals surface area contributed by atoms with Crippen LogP contribution >= 0.6 is 27.5 Å². The van der Waals surface area contributed by atoms with Gasteiger partial charge in [0.1, 0.15) is 11.9 Å². The number of amides is 2. The fourth-order valence-corrected chi connectivity index (χ4v) is 6.17. The maximum atomic E-state index is 13.5. The average molecular weight is 675 g/mol. The van der Waals surface area contributed by atoms with Crippen molar-refractivity contribution >= 4 is 65.2 Å². The van der Waals surface area contributed by atoms with Gasteiger partial charge in [-0.2, -0.15) is 0 Å². The number of esters is 1. The molecule has 2 aromatic rings. The van der Waals surface area contributed by atoms with Crippen molar-refractivity contribution < 1.29 is 37.9 Å². The highest BCUT2D eigenvalue weighted by atomic mass is 79.9. The van der Waals surface area contributed by atoms with Crippen molar-refractivity contribution in [2.45, 2.75) is 51.0 Å². The van der Waals surface area contributed by atoms with Gasteiger partial charge >= 0.3 is 5.97 Å². The van der Waals surface area contributed by atoms with Crippen LogP contribution in [-0.4, -0.2) is 55.7 Å². The number of allylic oxidation sites excluding steroid dienone is 3. The summed E-state index contributed by atoms with van der Waals surface area (Å²) in [7, 11) is -1.50. The molecular formula is C30H29BrClNO8Si. The lowest BCUT2D eigenvalue weighted by Crippen LogP contribution is -2.53. The summed E-state index contributed by atoms with van der Waals surface area (Å²) >= 11 is 9.65. The van der Waals surface area contributed by atoms with Crippen LogP contribution in [0.2, 0.25) is 23.2 Å². The van der Waals surface area contributed by atoms with Gasteiger partial charge in [0.05, 0.1) is 27.7 Å². The number of fused-ring (bicyclic) bond motifs is 1. The van der Waals surface area contributed by atoms with Crippen molar-refractivity contribution in [3.05, 3.63) is 86.6 Å². The number of rotatable bonds is 8. The van der Waals surface area contributed by atoms with E-state index in [1.807, 2.05) is 33.9 Å². The molecule has 12 heteroatoms. The Morgan fingerprint density at radius 1 is 0.976 bits per heavy atom. The summed E-state index contributed by atoms with van der Waals surface area (Å²) in [5.74, 6) is -3.27. The Balaban J connectivity index is 1.81. The topological polar surface area (TPSA) is 116 Å². The second kappa shape index (κ2) is 11.7. The smallest absolute Gasteiger partial charge is 0.332 e. The quantitative estimate of drug-likeness (QED) is 0.146. The molecule has 0 fully saturated rings. The molecule has 0 saturated carbocycles. The molecule has 2 aliphatic rings. The Morgan fingerprint density at radius 2 is 1.57 bits per heavy atom. The number of Topliss-reactive ketones (excluding diaryl/α,β-unsaturated/α-hetero) is 1. The van der Waals surface area contributed by atoms with Crippen LogP contribution in [0.1, 0.15) is 53.2 Å². The summed E-state index contributed by atoms with van der Waals surface area (Å²) in [6, 6.07) is 9.33. The number of halogens is 2. The fraction of sp³-hybridized carbons (Fsp3) is 0.300. The predicted molar refractivity (Wildman–Crippen MR) is 161 cm³/mol. The van der Waals surface area contributed by atoms with Crippen LogP contribution in [0.15, 0.2) is 64.9 Å². The van der Waals surface area contributed by atoms with E-state index in [0.29, 0.717) is 5.56 Å². The van der Waals surface area contributed by atoms with Crippen LogP contribution < -0.4 is 4.74 Å². The third kappa shape index (κ3) is 5.92. The summed E-state index contributed by atoms with van der Waals surface area (Å²) in [4.78, 5) is 65.8. The monoisotopic (exact) mass is 673 g/mol. The van der Waals surface area contributed by atoms with Gasteiger partial charge in [0.15, 0.2) is 25.9 Å². The van der Waals surface area contributed by atoms with Crippen LogP contribution in [-0.2, 0) is 23.5 Å². The van der Waals surface area contributed by atoms with Crippen LogP contribution in [0.25, 0.3) is 0 Å². The molecule has 2 aromatic carbocycles. The molecule has 0 bridgehead atoms. The van der Waals surface area contributed by atoms with Crippen molar-refractivity contribution in [3.8, 4) is 5.75 Å². The first kappa shape index (κ1) is 31.6. The lowest BCUT2D eigenvalue weighted by Gasteiger charge is -2.42. The summed E-state index contributed by atoms with van der Waals surface area (Å²) < 4.78 is 17.6. The van der Waals surface area contributed by atoms with E-state index in [9.17, 15) is 24.0 Å². The van der Waals surface area contributed by atoms with Gasteiger partial charge in [-0.05, 0) is 63.9 Å². The Morgan fingerprint density at radius 3 is 2.10 bits per heavy atom. The third-order valence-electron chi connectivity index (χ3n) is 7.55. The van der Waals surface area contributed by atoms with Crippen LogP contribution in [0, 0.1) is 0 Å². The SMILES string of the molecule is COC(=O)[C@H]([C@H](O[Si](C)(C)C(C)(C)C)c1ccc(OC2=CC(=O)C=C(Br)C2=O)c(Cl)c1)N1C(=O)c2ccccc2C1=O. The van der Waals surface area contributed by atoms with Gasteiger partial charge in [0, 0.05) is 12.2 Å². The number of hydrogen-bond acceptors (Lipinski definition) is 8. The van der Waals surface area contributed by atoms with Gasteiger partial charge in [-0.3, -0.25) is 24.1 Å². The maximum Gasteiger partial charge on any atom is 0.332 e. The molecule has 1 aliphatic carbocycles. The van der Waals surface area contributed by atoms with Gasteiger partial charge in [0.2, 0.25) is 5.78 Å². The van der Waals surface area contributed by atoms with Gasteiger partial charge in [-0.25, -0.2) is 4.79 Å². The number of nitrogens with zero attached hydrogens (tertiary/aromatic N) is 1. The first-order valence-electron chi connectivity index (χ1n) is 12.9. The van der Waals surface area contributed by atoms with Crippen molar-refractivity contribution in [1.29, 1.82) is 0 Å². The Bertz CT molecular complexity index is 1540. The first-order valence-corrected chi connectivity index (χ1v) is 17.0. The molecule has 0 aromatic heterocycles. The largest absolute Gasteiger partial charge is 0.467 e. The van der Waals surface area contributed by atoms with Gasteiger partial charge in [-0.15, -0.1) is 0 Å². The van der Waals surface area contributed by atoms with Crippen molar-refractivity contribution in [2.75, 3.05) is 7.11 Å². The summed E-state index contributed by atoms with van der Waals surface area (Å²) in [5.41, 5.74) is 0.708. The zero-order chi connectivity index (χ0) is 31.1. The Hall–Kier alpha value is -3.38. The zero-order valence-electron chi connectivity index (χ0n) is 23.8. The highest BCUT2D eigenvalue weighted by Gasteiger charge is 2.50. The Labute approximate surface area is 257 Å². The van der Waals surface area contributed by atoms with Gasteiger partial charge < -0.3 is 13.9 Å². The molecule has 2 amide bonds. The molecule has 220 valence electrons. The normalized spacial score (nSPS) is 17.0. The van der Waals surface area contributed by atoms with E-state index in [0.717, 1.165) is 17.1 Å². The van der Waals surface area contributed by atoms with Crippen molar-refractivity contribution in [2.24, 2.45) is 0 Å². The fourth-order valence-electron chi connectivity index (χ4n) is 4.27. The Kier molecular flexibility index (Phi) is 8.80.